The van der Waals surface area contributed by atoms with Gasteiger partial charge in [0.2, 0.25) is 11.8 Å². The van der Waals surface area contributed by atoms with Crippen LogP contribution in [0, 0.1) is 11.8 Å². The Morgan fingerprint density at radius 3 is 2.90 bits per heavy atom. The van der Waals surface area contributed by atoms with E-state index in [0.29, 0.717) is 11.9 Å². The Morgan fingerprint density at radius 1 is 1.29 bits per heavy atom. The Hall–Kier alpha value is -1.43. The van der Waals surface area contributed by atoms with Gasteiger partial charge in [0, 0.05) is 17.0 Å². The van der Waals surface area contributed by atoms with Crippen molar-refractivity contribution in [3.63, 3.8) is 0 Å². The van der Waals surface area contributed by atoms with Gasteiger partial charge in [-0.3, -0.25) is 14.4 Å². The van der Waals surface area contributed by atoms with Gasteiger partial charge in [-0.15, -0.1) is 23.5 Å². The van der Waals surface area contributed by atoms with Gasteiger partial charge in [0.05, 0.1) is 23.7 Å². The fraction of sp³-hybridized carbons (Fsp3) is 0.750. The number of ether oxygens (including phenoxy) is 1. The van der Waals surface area contributed by atoms with E-state index in [2.05, 4.69) is 21.5 Å². The summed E-state index contributed by atoms with van der Waals surface area (Å²) >= 11 is 3.18. The van der Waals surface area contributed by atoms with E-state index in [1.807, 2.05) is 18.7 Å². The van der Waals surface area contributed by atoms with Crippen LogP contribution in [0.3, 0.4) is 0 Å². The fourth-order valence-electron chi connectivity index (χ4n) is 4.88. The highest BCUT2D eigenvalue weighted by molar-refractivity contribution is 8.01. The SMILES string of the molecule is CCOC(=O)C1C(NC(=O)CSC2NNC3NC(=O)C=C(C)N32)SC2CCCCCC21. The zero-order valence-corrected chi connectivity index (χ0v) is 19.5. The summed E-state index contributed by atoms with van der Waals surface area (Å²) in [4.78, 5) is 39.2. The van der Waals surface area contributed by atoms with Crippen molar-refractivity contribution in [2.75, 3.05) is 12.4 Å². The first kappa shape index (κ1) is 22.8. The molecular weight excluding hydrogens is 438 g/mol. The van der Waals surface area contributed by atoms with Crippen molar-refractivity contribution in [3.05, 3.63) is 11.8 Å². The number of rotatable bonds is 6. The van der Waals surface area contributed by atoms with Gasteiger partial charge in [0.25, 0.3) is 0 Å². The van der Waals surface area contributed by atoms with Gasteiger partial charge < -0.3 is 20.3 Å². The van der Waals surface area contributed by atoms with E-state index in [1.54, 1.807) is 17.8 Å². The lowest BCUT2D eigenvalue weighted by atomic mass is 9.86. The molecule has 4 rings (SSSR count). The van der Waals surface area contributed by atoms with E-state index < -0.39 is 0 Å². The smallest absolute Gasteiger partial charge is 0.312 e. The van der Waals surface area contributed by atoms with Gasteiger partial charge in [-0.2, -0.15) is 0 Å². The van der Waals surface area contributed by atoms with Crippen molar-refractivity contribution in [1.82, 2.24) is 26.4 Å². The van der Waals surface area contributed by atoms with Crippen molar-refractivity contribution >= 4 is 41.3 Å². The predicted molar refractivity (Wildman–Crippen MR) is 120 cm³/mol. The minimum Gasteiger partial charge on any atom is -0.466 e. The highest BCUT2D eigenvalue weighted by Gasteiger charge is 2.49. The monoisotopic (exact) mass is 469 g/mol. The van der Waals surface area contributed by atoms with Crippen LogP contribution in [0.2, 0.25) is 0 Å². The van der Waals surface area contributed by atoms with Crippen molar-refractivity contribution in [3.8, 4) is 0 Å². The molecule has 3 aliphatic heterocycles. The van der Waals surface area contributed by atoms with Gasteiger partial charge >= 0.3 is 5.97 Å². The van der Waals surface area contributed by atoms with E-state index in [9.17, 15) is 14.4 Å². The van der Waals surface area contributed by atoms with Crippen molar-refractivity contribution in [1.29, 1.82) is 0 Å². The second kappa shape index (κ2) is 10.0. The minimum absolute atomic E-state index is 0.0961. The molecule has 11 heteroatoms. The molecule has 0 radical (unpaired) electrons. The molecule has 3 heterocycles. The number of thioether (sulfide) groups is 2. The van der Waals surface area contributed by atoms with Crippen LogP contribution in [-0.4, -0.2) is 57.5 Å². The molecule has 4 N–H and O–H groups in total. The number of carbonyl (C=O) groups is 3. The van der Waals surface area contributed by atoms with Crippen LogP contribution in [0.1, 0.15) is 46.0 Å². The number of esters is 1. The first-order valence-corrected chi connectivity index (χ1v) is 13.0. The molecule has 0 spiro atoms. The maximum Gasteiger partial charge on any atom is 0.312 e. The van der Waals surface area contributed by atoms with Crippen LogP contribution in [0.5, 0.6) is 0 Å². The largest absolute Gasteiger partial charge is 0.466 e. The minimum atomic E-state index is -0.330. The van der Waals surface area contributed by atoms with E-state index >= 15 is 0 Å². The van der Waals surface area contributed by atoms with Crippen LogP contribution in [-0.2, 0) is 19.1 Å². The van der Waals surface area contributed by atoms with Gasteiger partial charge in [0.1, 0.15) is 5.50 Å². The number of fused-ring (bicyclic) bond motifs is 2. The lowest BCUT2D eigenvalue weighted by molar-refractivity contribution is -0.150. The summed E-state index contributed by atoms with van der Waals surface area (Å²) in [6.45, 7) is 4.05. The van der Waals surface area contributed by atoms with Crippen LogP contribution in [0.15, 0.2) is 11.8 Å². The molecule has 6 unspecified atom stereocenters. The molecule has 0 aromatic heterocycles. The third-order valence-corrected chi connectivity index (χ3v) is 8.98. The van der Waals surface area contributed by atoms with Gasteiger partial charge in [-0.1, -0.05) is 19.3 Å². The lowest BCUT2D eigenvalue weighted by Gasteiger charge is -2.33. The molecule has 0 bridgehead atoms. The van der Waals surface area contributed by atoms with Crippen molar-refractivity contribution < 1.29 is 19.1 Å². The van der Waals surface area contributed by atoms with Gasteiger partial charge in [0.15, 0.2) is 6.29 Å². The number of hydrogen-bond donors (Lipinski definition) is 4. The Kier molecular flexibility index (Phi) is 7.35. The quantitative estimate of drug-likeness (QED) is 0.424. The van der Waals surface area contributed by atoms with E-state index in [1.165, 1.54) is 24.6 Å². The number of carbonyl (C=O) groups excluding carboxylic acids is 3. The molecule has 2 saturated heterocycles. The van der Waals surface area contributed by atoms with E-state index in [-0.39, 0.29) is 52.5 Å². The van der Waals surface area contributed by atoms with Crippen molar-refractivity contribution in [2.24, 2.45) is 11.8 Å². The molecule has 31 heavy (non-hydrogen) atoms. The normalized spacial score (nSPS) is 34.8. The third-order valence-electron chi connectivity index (χ3n) is 6.25. The average Bonchev–Trinajstić information content (AvgIpc) is 3.19. The molecule has 1 saturated carbocycles. The highest BCUT2D eigenvalue weighted by atomic mass is 32.2. The predicted octanol–water partition coefficient (Wildman–Crippen LogP) is 1.05. The number of hydrogen-bond acceptors (Lipinski definition) is 9. The molecule has 3 fully saturated rings. The Balaban J connectivity index is 1.35. The summed E-state index contributed by atoms with van der Waals surface area (Å²) in [6, 6.07) is 0. The molecule has 4 aliphatic rings. The zero-order valence-electron chi connectivity index (χ0n) is 17.9. The van der Waals surface area contributed by atoms with Gasteiger partial charge in [-0.05, 0) is 32.6 Å². The fourth-order valence-corrected chi connectivity index (χ4v) is 7.74. The van der Waals surface area contributed by atoms with Gasteiger partial charge in [-0.25, -0.2) is 10.9 Å². The standard InChI is InChI=1S/C20H31N5O4S2/c1-3-29-18(28)16-12-7-5-4-6-8-13(12)31-17(16)21-15(27)10-30-20-24-23-19-22-14(26)9-11(2)25(19)20/h9,12-13,16-17,19-20,23-24H,3-8,10H2,1-2H3,(H,21,27)(H,22,26). The Bertz CT molecular complexity index is 751. The molecule has 1 aliphatic carbocycles. The summed E-state index contributed by atoms with van der Waals surface area (Å²) in [5.74, 6) is -0.183. The summed E-state index contributed by atoms with van der Waals surface area (Å²) in [7, 11) is 0. The number of allylic oxidation sites excluding steroid dienone is 1. The van der Waals surface area contributed by atoms with E-state index in [4.69, 9.17) is 4.74 Å². The molecule has 6 atom stereocenters. The maximum atomic E-state index is 12.8. The number of amides is 2. The molecule has 0 aromatic rings. The van der Waals surface area contributed by atoms with Crippen LogP contribution >= 0.6 is 23.5 Å². The highest BCUT2D eigenvalue weighted by Crippen LogP contribution is 2.48. The molecule has 2 amide bonds. The first-order valence-electron chi connectivity index (χ1n) is 11.0. The molecular formula is C20H31N5O4S2. The Morgan fingerprint density at radius 2 is 2.10 bits per heavy atom. The third kappa shape index (κ3) is 4.99. The lowest BCUT2D eigenvalue weighted by Crippen LogP contribution is -2.53. The van der Waals surface area contributed by atoms with Crippen LogP contribution in [0.4, 0.5) is 0 Å². The summed E-state index contributed by atoms with van der Waals surface area (Å²) in [5, 5.41) is 6.09. The topological polar surface area (TPSA) is 112 Å². The zero-order chi connectivity index (χ0) is 22.0. The number of nitrogens with zero attached hydrogens (tertiary/aromatic N) is 1. The summed E-state index contributed by atoms with van der Waals surface area (Å²) < 4.78 is 5.37. The number of nitrogens with one attached hydrogen (secondary N) is 4. The first-order chi connectivity index (χ1) is 15.0. The second-order valence-electron chi connectivity index (χ2n) is 8.30. The van der Waals surface area contributed by atoms with Crippen molar-refractivity contribution in [2.45, 2.75) is 68.4 Å². The maximum absolute atomic E-state index is 12.8. The molecule has 172 valence electrons. The number of hydrazine groups is 1. The second-order valence-corrected chi connectivity index (χ2v) is 10.8. The van der Waals surface area contributed by atoms with Crippen LogP contribution < -0.4 is 21.5 Å². The average molecular weight is 470 g/mol. The molecule has 0 aromatic carbocycles. The summed E-state index contributed by atoms with van der Waals surface area (Å²) in [6.07, 6.45) is 6.86. The molecule has 9 nitrogen and oxygen atoms in total. The summed E-state index contributed by atoms with van der Waals surface area (Å²) in [5.41, 5.74) is 6.79. The Labute approximate surface area is 191 Å². The van der Waals surface area contributed by atoms with E-state index in [0.717, 1.165) is 25.0 Å². The van der Waals surface area contributed by atoms with Crippen LogP contribution in [0.25, 0.3) is 0 Å².